The molecule has 0 aliphatic carbocycles. The maximum Gasteiger partial charge on any atom is 0.220 e. The molecule has 0 saturated carbocycles. The lowest BCUT2D eigenvalue weighted by Crippen LogP contribution is -2.66. The van der Waals surface area contributed by atoms with Gasteiger partial charge < -0.3 is 89.9 Å². The molecule has 3 heterocycles. The summed E-state index contributed by atoms with van der Waals surface area (Å²) in [6.45, 7) is 1.72. The van der Waals surface area contributed by atoms with Crippen LogP contribution in [0.2, 0.25) is 0 Å². The molecule has 0 bridgehead atoms. The monoisotopic (exact) mass is 1300 g/mol. The highest BCUT2D eigenvalue weighted by molar-refractivity contribution is 5.76. The first-order valence-electron chi connectivity index (χ1n) is 36.4. The van der Waals surface area contributed by atoms with Crippen molar-refractivity contribution in [1.29, 1.82) is 0 Å². The topological polar surface area (TPSA) is 307 Å². The van der Waals surface area contributed by atoms with Gasteiger partial charge in [-0.3, -0.25) is 4.79 Å². The lowest BCUT2D eigenvalue weighted by molar-refractivity contribution is -0.379. The summed E-state index contributed by atoms with van der Waals surface area (Å²) >= 11 is 0. The van der Waals surface area contributed by atoms with E-state index in [1.807, 2.05) is 6.08 Å². The second-order valence-corrected chi connectivity index (χ2v) is 26.0. The van der Waals surface area contributed by atoms with Crippen LogP contribution in [0, 0.1) is 0 Å². The van der Waals surface area contributed by atoms with Crippen molar-refractivity contribution in [3.8, 4) is 0 Å². The predicted molar refractivity (Wildman–Crippen MR) is 356 cm³/mol. The van der Waals surface area contributed by atoms with Gasteiger partial charge in [0.25, 0.3) is 0 Å². The Morgan fingerprint density at radius 2 is 0.703 bits per heavy atom. The van der Waals surface area contributed by atoms with Crippen LogP contribution < -0.4 is 5.32 Å². The van der Waals surface area contributed by atoms with E-state index in [1.165, 1.54) is 180 Å². The smallest absolute Gasteiger partial charge is 0.220 e. The molecule has 17 unspecified atom stereocenters. The summed E-state index contributed by atoms with van der Waals surface area (Å²) in [5.74, 6) is -0.293. The first-order valence-corrected chi connectivity index (χ1v) is 36.4. The summed E-state index contributed by atoms with van der Waals surface area (Å²) in [5.41, 5.74) is 0. The standard InChI is InChI=1S/C72H131NO18/c1-3-5-7-9-11-13-15-17-19-21-23-24-25-26-27-28-29-30-31-32-33-35-37-39-41-43-45-47-49-56(77)55(73-60(78)50-48-46-44-42-40-38-36-34-22-20-18-16-14-12-10-8-6-4-2)54-86-70-66(84)63(81)68(58(52-75)88-70)91-72-67(85)64(82)69(59(53-76)89-72)90-71-65(83)62(80)61(79)57(51-74)87-71/h20,22,32-33,39,41,47,49,55-59,61-72,74-77,79-85H,3-19,21,23-31,34-38,40,42-46,48,50-54H2,1-2H3,(H,73,78)/b22-20-,33-32+,41-39+,49-47+. The van der Waals surface area contributed by atoms with E-state index < -0.39 is 124 Å². The lowest BCUT2D eigenvalue weighted by Gasteiger charge is -2.48. The van der Waals surface area contributed by atoms with Gasteiger partial charge in [-0.25, -0.2) is 0 Å². The number of ether oxygens (including phenoxy) is 6. The number of hydrogen-bond donors (Lipinski definition) is 12. The molecule has 532 valence electrons. The van der Waals surface area contributed by atoms with E-state index in [-0.39, 0.29) is 18.9 Å². The number of amides is 1. The summed E-state index contributed by atoms with van der Waals surface area (Å²) < 4.78 is 34.3. The van der Waals surface area contributed by atoms with Gasteiger partial charge in [0.15, 0.2) is 18.9 Å². The quantitative estimate of drug-likeness (QED) is 0.0199. The fourth-order valence-electron chi connectivity index (χ4n) is 12.2. The molecule has 3 aliphatic rings. The average Bonchev–Trinajstić information content (AvgIpc) is 0.844. The molecule has 3 rings (SSSR count). The molecule has 91 heavy (non-hydrogen) atoms. The third kappa shape index (κ3) is 35.5. The molecular weight excluding hydrogens is 1170 g/mol. The van der Waals surface area contributed by atoms with Crippen LogP contribution in [0.1, 0.15) is 271 Å². The molecule has 17 atom stereocenters. The van der Waals surface area contributed by atoms with Gasteiger partial charge in [0.2, 0.25) is 5.91 Å². The maximum atomic E-state index is 13.4. The van der Waals surface area contributed by atoms with Crippen molar-refractivity contribution in [2.24, 2.45) is 0 Å². The van der Waals surface area contributed by atoms with Gasteiger partial charge in [0.1, 0.15) is 73.2 Å². The predicted octanol–water partition coefficient (Wildman–Crippen LogP) is 10.2. The van der Waals surface area contributed by atoms with E-state index in [0.29, 0.717) is 12.8 Å². The molecular formula is C72H131NO18. The Morgan fingerprint density at radius 1 is 0.385 bits per heavy atom. The molecule has 19 heteroatoms. The summed E-state index contributed by atoms with van der Waals surface area (Å²) in [5, 5.41) is 121. The zero-order valence-corrected chi connectivity index (χ0v) is 56.3. The zero-order chi connectivity index (χ0) is 66.1. The van der Waals surface area contributed by atoms with E-state index in [4.69, 9.17) is 28.4 Å². The van der Waals surface area contributed by atoms with Crippen molar-refractivity contribution in [1.82, 2.24) is 5.32 Å². The molecule has 0 aromatic carbocycles. The van der Waals surface area contributed by atoms with Gasteiger partial charge in [-0.15, -0.1) is 0 Å². The number of carbonyl (C=O) groups is 1. The molecule has 0 spiro atoms. The summed E-state index contributed by atoms with van der Waals surface area (Å²) in [4.78, 5) is 13.4. The minimum absolute atomic E-state index is 0.227. The van der Waals surface area contributed by atoms with Crippen LogP contribution in [0.25, 0.3) is 0 Å². The Hall–Kier alpha value is -2.25. The molecule has 12 N–H and O–H groups in total. The minimum atomic E-state index is -1.98. The number of aliphatic hydroxyl groups excluding tert-OH is 11. The van der Waals surface area contributed by atoms with Crippen LogP contribution in [-0.2, 0) is 33.2 Å². The maximum absolute atomic E-state index is 13.4. The Labute approximate surface area is 548 Å². The van der Waals surface area contributed by atoms with E-state index >= 15 is 0 Å². The van der Waals surface area contributed by atoms with Gasteiger partial charge >= 0.3 is 0 Å². The second kappa shape index (κ2) is 53.8. The molecule has 19 nitrogen and oxygen atoms in total. The Bertz CT molecular complexity index is 1840. The third-order valence-corrected chi connectivity index (χ3v) is 18.1. The molecule has 0 aromatic rings. The molecule has 3 aliphatic heterocycles. The average molecular weight is 1300 g/mol. The number of hydrogen-bond acceptors (Lipinski definition) is 18. The summed E-state index contributed by atoms with van der Waals surface area (Å²) in [6, 6.07) is -1.00. The Morgan fingerprint density at radius 3 is 1.10 bits per heavy atom. The van der Waals surface area contributed by atoms with Crippen molar-refractivity contribution < 1.29 is 89.4 Å². The number of unbranched alkanes of at least 4 members (excludes halogenated alkanes) is 34. The van der Waals surface area contributed by atoms with E-state index in [9.17, 15) is 61.0 Å². The fraction of sp³-hybridized carbons (Fsp3) is 0.875. The molecule has 0 aromatic heterocycles. The van der Waals surface area contributed by atoms with Crippen molar-refractivity contribution in [2.45, 2.75) is 375 Å². The Balaban J connectivity index is 1.44. The van der Waals surface area contributed by atoms with Crippen molar-refractivity contribution in [3.63, 3.8) is 0 Å². The SMILES string of the molecule is CCCCCCCCC/C=C\CCCCCCCCCC(=O)NC(COC1OC(CO)C(OC2OC(CO)C(OC3OC(CO)C(O)C(O)C3O)C(O)C2O)C(O)C1O)C(O)/C=C/CC/C=C/CC/C=C/CCCCCCCCCCCCCCCCCCCC. The van der Waals surface area contributed by atoms with Crippen LogP contribution >= 0.6 is 0 Å². The van der Waals surface area contributed by atoms with Gasteiger partial charge in [-0.1, -0.05) is 242 Å². The first-order chi connectivity index (χ1) is 44.3. The largest absolute Gasteiger partial charge is 0.394 e. The van der Waals surface area contributed by atoms with Gasteiger partial charge in [0, 0.05) is 6.42 Å². The highest BCUT2D eigenvalue weighted by Gasteiger charge is 2.53. The van der Waals surface area contributed by atoms with Crippen molar-refractivity contribution in [2.75, 3.05) is 26.4 Å². The van der Waals surface area contributed by atoms with E-state index in [0.717, 1.165) is 57.8 Å². The normalized spacial score (nSPS) is 28.1. The number of allylic oxidation sites excluding steroid dienone is 7. The van der Waals surface area contributed by atoms with Crippen LogP contribution in [0.15, 0.2) is 48.6 Å². The number of nitrogens with one attached hydrogen (secondary N) is 1. The van der Waals surface area contributed by atoms with Gasteiger partial charge in [-0.05, 0) is 70.6 Å². The van der Waals surface area contributed by atoms with Crippen LogP contribution in [0.4, 0.5) is 0 Å². The lowest BCUT2D eigenvalue weighted by atomic mass is 9.96. The minimum Gasteiger partial charge on any atom is -0.394 e. The molecule has 3 saturated heterocycles. The molecule has 3 fully saturated rings. The number of carbonyl (C=O) groups excluding carboxylic acids is 1. The zero-order valence-electron chi connectivity index (χ0n) is 56.3. The first kappa shape index (κ1) is 83.0. The molecule has 0 radical (unpaired) electrons. The second-order valence-electron chi connectivity index (χ2n) is 26.0. The van der Waals surface area contributed by atoms with Crippen molar-refractivity contribution in [3.05, 3.63) is 48.6 Å². The summed E-state index contributed by atoms with van der Waals surface area (Å²) in [7, 11) is 0. The molecule has 1 amide bonds. The van der Waals surface area contributed by atoms with Crippen LogP contribution in [0.5, 0.6) is 0 Å². The Kier molecular flexibility index (Phi) is 49.1. The van der Waals surface area contributed by atoms with Gasteiger partial charge in [-0.2, -0.15) is 0 Å². The fourth-order valence-corrected chi connectivity index (χ4v) is 12.2. The summed E-state index contributed by atoms with van der Waals surface area (Å²) in [6.07, 6.45) is 38.1. The van der Waals surface area contributed by atoms with E-state index in [1.54, 1.807) is 6.08 Å². The number of rotatable bonds is 56. The van der Waals surface area contributed by atoms with Crippen LogP contribution in [0.3, 0.4) is 0 Å². The highest BCUT2D eigenvalue weighted by Crippen LogP contribution is 2.33. The van der Waals surface area contributed by atoms with Gasteiger partial charge in [0.05, 0.1) is 38.6 Å². The van der Waals surface area contributed by atoms with Crippen LogP contribution in [-0.4, -0.2) is 193 Å². The number of aliphatic hydroxyl groups is 11. The highest BCUT2D eigenvalue weighted by atomic mass is 16.8. The van der Waals surface area contributed by atoms with Crippen molar-refractivity contribution >= 4 is 5.91 Å². The van der Waals surface area contributed by atoms with E-state index in [2.05, 4.69) is 55.6 Å². The third-order valence-electron chi connectivity index (χ3n) is 18.1.